The number of pyridine rings is 1. The molecule has 2 aliphatic heterocycles. The second kappa shape index (κ2) is 7.42. The molecule has 0 saturated carbocycles. The van der Waals surface area contributed by atoms with E-state index < -0.39 is 0 Å². The molecule has 3 rings (SSSR count). The fourth-order valence-corrected chi connectivity index (χ4v) is 3.78. The number of aromatic nitrogens is 1. The number of anilines is 1. The highest BCUT2D eigenvalue weighted by Gasteiger charge is 2.25. The lowest BCUT2D eigenvalue weighted by molar-refractivity contribution is 0.122. The minimum atomic E-state index is 0.569. The molecule has 3 heterocycles. The van der Waals surface area contributed by atoms with Gasteiger partial charge in [-0.15, -0.1) is 0 Å². The number of nitrogens with zero attached hydrogens (tertiary/aromatic N) is 3. The molecular weight excluding hydrogens is 274 g/mol. The maximum Gasteiger partial charge on any atom is 0.128 e. The summed E-state index contributed by atoms with van der Waals surface area (Å²) in [5, 5.41) is 0. The number of ether oxygens (including phenoxy) is 1. The third-order valence-electron chi connectivity index (χ3n) is 4.93. The second-order valence-electron chi connectivity index (χ2n) is 6.49. The van der Waals surface area contributed by atoms with Gasteiger partial charge < -0.3 is 9.64 Å². The first-order valence-corrected chi connectivity index (χ1v) is 8.84. The fourth-order valence-electron chi connectivity index (χ4n) is 3.78. The Morgan fingerprint density at radius 2 is 2.00 bits per heavy atom. The van der Waals surface area contributed by atoms with Gasteiger partial charge in [0.1, 0.15) is 5.82 Å². The predicted octanol–water partition coefficient (Wildman–Crippen LogP) is 3.16. The van der Waals surface area contributed by atoms with Crippen LogP contribution in [0.5, 0.6) is 0 Å². The molecule has 0 radical (unpaired) electrons. The predicted molar refractivity (Wildman–Crippen MR) is 90.5 cm³/mol. The van der Waals surface area contributed by atoms with Crippen LogP contribution in [-0.2, 0) is 4.74 Å². The van der Waals surface area contributed by atoms with E-state index in [1.807, 2.05) is 0 Å². The van der Waals surface area contributed by atoms with Gasteiger partial charge in [0, 0.05) is 24.8 Å². The van der Waals surface area contributed by atoms with Crippen LogP contribution in [0.15, 0.2) is 12.1 Å². The number of hydrogen-bond donors (Lipinski definition) is 0. The fraction of sp³-hybridized carbons (Fsp3) is 0.722. The molecule has 0 aliphatic carbocycles. The Hall–Kier alpha value is -1.13. The molecule has 0 bridgehead atoms. The number of morpholine rings is 1. The molecule has 0 spiro atoms. The molecule has 1 aromatic heterocycles. The van der Waals surface area contributed by atoms with E-state index in [4.69, 9.17) is 9.72 Å². The average Bonchev–Trinajstić information content (AvgIpc) is 2.57. The van der Waals surface area contributed by atoms with Crippen molar-refractivity contribution in [2.24, 2.45) is 0 Å². The molecule has 1 aromatic rings. The molecule has 2 saturated heterocycles. The number of rotatable bonds is 4. The lowest BCUT2D eigenvalue weighted by Gasteiger charge is -2.36. The molecule has 22 heavy (non-hydrogen) atoms. The van der Waals surface area contributed by atoms with E-state index in [1.54, 1.807) is 0 Å². The highest BCUT2D eigenvalue weighted by molar-refractivity contribution is 5.43. The molecule has 2 fully saturated rings. The zero-order valence-electron chi connectivity index (χ0n) is 14.1. The molecule has 2 aliphatic rings. The van der Waals surface area contributed by atoms with E-state index in [0.717, 1.165) is 32.1 Å². The van der Waals surface area contributed by atoms with E-state index in [-0.39, 0.29) is 0 Å². The normalized spacial score (nSPS) is 23.7. The van der Waals surface area contributed by atoms with Crippen molar-refractivity contribution in [3.63, 3.8) is 0 Å². The number of aryl methyl sites for hydroxylation is 1. The van der Waals surface area contributed by atoms with Crippen molar-refractivity contribution in [3.05, 3.63) is 23.4 Å². The van der Waals surface area contributed by atoms with Crippen LogP contribution >= 0.6 is 0 Å². The monoisotopic (exact) mass is 303 g/mol. The van der Waals surface area contributed by atoms with Crippen LogP contribution in [0.1, 0.15) is 49.9 Å². The van der Waals surface area contributed by atoms with Crippen LogP contribution in [-0.4, -0.2) is 49.3 Å². The van der Waals surface area contributed by atoms with Gasteiger partial charge in [-0.25, -0.2) is 4.98 Å². The summed E-state index contributed by atoms with van der Waals surface area (Å²) >= 11 is 0. The molecule has 0 aromatic carbocycles. The lowest BCUT2D eigenvalue weighted by atomic mass is 9.94. The molecule has 4 nitrogen and oxygen atoms in total. The number of piperidine rings is 1. The van der Waals surface area contributed by atoms with Crippen molar-refractivity contribution in [2.45, 2.75) is 45.6 Å². The van der Waals surface area contributed by atoms with Gasteiger partial charge >= 0.3 is 0 Å². The number of likely N-dealkylation sites (tertiary alicyclic amines) is 1. The zero-order chi connectivity index (χ0) is 15.4. The minimum Gasteiger partial charge on any atom is -0.378 e. The van der Waals surface area contributed by atoms with Crippen LogP contribution in [0.3, 0.4) is 0 Å². The van der Waals surface area contributed by atoms with Gasteiger partial charge in [-0.1, -0.05) is 19.4 Å². The van der Waals surface area contributed by atoms with E-state index in [0.29, 0.717) is 6.04 Å². The van der Waals surface area contributed by atoms with Gasteiger partial charge in [-0.2, -0.15) is 0 Å². The van der Waals surface area contributed by atoms with Crippen molar-refractivity contribution < 1.29 is 4.74 Å². The second-order valence-corrected chi connectivity index (χ2v) is 6.49. The summed E-state index contributed by atoms with van der Waals surface area (Å²) in [6, 6.07) is 5.11. The number of hydrogen-bond acceptors (Lipinski definition) is 4. The Kier molecular flexibility index (Phi) is 5.32. The molecule has 122 valence electrons. The van der Waals surface area contributed by atoms with E-state index in [2.05, 4.69) is 35.8 Å². The van der Waals surface area contributed by atoms with Crippen LogP contribution < -0.4 is 4.90 Å². The van der Waals surface area contributed by atoms with E-state index >= 15 is 0 Å². The molecule has 1 atom stereocenters. The molecule has 4 heteroatoms. The maximum atomic E-state index is 5.44. The Labute approximate surface area is 134 Å². The topological polar surface area (TPSA) is 28.6 Å². The van der Waals surface area contributed by atoms with E-state index in [1.165, 1.54) is 50.0 Å². The van der Waals surface area contributed by atoms with E-state index in [9.17, 15) is 0 Å². The standard InChI is InChI=1S/C18H29N3O/c1-3-9-20-10-5-4-6-17(20)16-7-8-18(19-15(16)2)21-11-13-22-14-12-21/h7-8,17H,3-6,9-14H2,1-2H3. The Morgan fingerprint density at radius 1 is 1.18 bits per heavy atom. The smallest absolute Gasteiger partial charge is 0.128 e. The summed E-state index contributed by atoms with van der Waals surface area (Å²) in [4.78, 5) is 9.90. The van der Waals surface area contributed by atoms with Gasteiger partial charge in [-0.3, -0.25) is 4.90 Å². The first-order valence-electron chi connectivity index (χ1n) is 8.84. The maximum absolute atomic E-state index is 5.44. The summed E-state index contributed by atoms with van der Waals surface area (Å²) in [7, 11) is 0. The highest BCUT2D eigenvalue weighted by Crippen LogP contribution is 2.33. The van der Waals surface area contributed by atoms with Crippen LogP contribution in [0.4, 0.5) is 5.82 Å². The summed E-state index contributed by atoms with van der Waals surface area (Å²) in [5.41, 5.74) is 2.64. The first-order chi connectivity index (χ1) is 10.8. The molecule has 0 amide bonds. The third kappa shape index (κ3) is 3.44. The molecule has 0 N–H and O–H groups in total. The van der Waals surface area contributed by atoms with Crippen molar-refractivity contribution in [1.82, 2.24) is 9.88 Å². The largest absolute Gasteiger partial charge is 0.378 e. The third-order valence-corrected chi connectivity index (χ3v) is 4.93. The molecule has 1 unspecified atom stereocenters. The zero-order valence-corrected chi connectivity index (χ0v) is 14.1. The highest BCUT2D eigenvalue weighted by atomic mass is 16.5. The van der Waals surface area contributed by atoms with Crippen molar-refractivity contribution in [1.29, 1.82) is 0 Å². The summed E-state index contributed by atoms with van der Waals surface area (Å²) in [5.74, 6) is 1.11. The lowest BCUT2D eigenvalue weighted by Crippen LogP contribution is -2.37. The Bertz CT molecular complexity index is 483. The van der Waals surface area contributed by atoms with Gasteiger partial charge in [0.2, 0.25) is 0 Å². The Balaban J connectivity index is 1.78. The van der Waals surface area contributed by atoms with Crippen LogP contribution in [0, 0.1) is 6.92 Å². The van der Waals surface area contributed by atoms with Gasteiger partial charge in [0.25, 0.3) is 0 Å². The van der Waals surface area contributed by atoms with Gasteiger partial charge in [0.05, 0.1) is 13.2 Å². The first kappa shape index (κ1) is 15.8. The van der Waals surface area contributed by atoms with Gasteiger partial charge in [-0.05, 0) is 50.9 Å². The van der Waals surface area contributed by atoms with Crippen molar-refractivity contribution in [3.8, 4) is 0 Å². The summed E-state index contributed by atoms with van der Waals surface area (Å²) in [6.45, 7) is 10.4. The van der Waals surface area contributed by atoms with Crippen molar-refractivity contribution >= 4 is 5.82 Å². The summed E-state index contributed by atoms with van der Waals surface area (Å²) in [6.07, 6.45) is 5.19. The van der Waals surface area contributed by atoms with Crippen LogP contribution in [0.25, 0.3) is 0 Å². The Morgan fingerprint density at radius 3 is 2.73 bits per heavy atom. The SMILES string of the molecule is CCCN1CCCCC1c1ccc(N2CCOCC2)nc1C. The van der Waals surface area contributed by atoms with Crippen LogP contribution in [0.2, 0.25) is 0 Å². The summed E-state index contributed by atoms with van der Waals surface area (Å²) < 4.78 is 5.44. The minimum absolute atomic E-state index is 0.569. The van der Waals surface area contributed by atoms with Crippen molar-refractivity contribution in [2.75, 3.05) is 44.3 Å². The van der Waals surface area contributed by atoms with Gasteiger partial charge in [0.15, 0.2) is 0 Å². The molecular formula is C18H29N3O. The average molecular weight is 303 g/mol. The quantitative estimate of drug-likeness (QED) is 0.854.